The first-order valence-corrected chi connectivity index (χ1v) is 1.47. The van der Waals surface area contributed by atoms with Crippen molar-refractivity contribution >= 4 is 17.6 Å². The Balaban J connectivity index is 0.000000250. The van der Waals surface area contributed by atoms with E-state index >= 15 is 0 Å². The van der Waals surface area contributed by atoms with Crippen LogP contribution in [0.2, 0.25) is 0 Å². The third-order valence-corrected chi connectivity index (χ3v) is 0.425. The van der Waals surface area contributed by atoms with Crippen molar-refractivity contribution in [2.75, 3.05) is 0 Å². The van der Waals surface area contributed by atoms with Crippen LogP contribution in [-0.4, -0.2) is 17.6 Å². The molecule has 2 heteroatoms. The van der Waals surface area contributed by atoms with Crippen LogP contribution in [0, 0.1) is 0 Å². The first kappa shape index (κ1) is 5.82. The Kier molecular flexibility index (Phi) is 2.94. The maximum Gasteiger partial charge on any atom is 0.0902 e. The second kappa shape index (κ2) is 3.03. The third kappa shape index (κ3) is 1.31. The summed E-state index contributed by atoms with van der Waals surface area (Å²) < 4.78 is 4.58. The SMILES string of the molecule is [GeH4].c1ccoc1. The fourth-order valence-electron chi connectivity index (χ4n) is 0.227. The molecule has 0 saturated heterocycles. The first-order valence-electron chi connectivity index (χ1n) is 1.47. The molecule has 0 unspecified atom stereocenters. The van der Waals surface area contributed by atoms with Crippen molar-refractivity contribution in [3.05, 3.63) is 24.7 Å². The molecule has 1 heterocycles. The summed E-state index contributed by atoms with van der Waals surface area (Å²) in [5.74, 6) is 0. The summed E-state index contributed by atoms with van der Waals surface area (Å²) in [6.07, 6.45) is 3.25. The molecule has 0 aliphatic heterocycles. The quantitative estimate of drug-likeness (QED) is 0.461. The zero-order chi connectivity index (χ0) is 3.54. The molecule has 1 aromatic rings. The van der Waals surface area contributed by atoms with Gasteiger partial charge in [-0.05, 0) is 12.1 Å². The zero-order valence-corrected chi connectivity index (χ0v) is 2.72. The standard InChI is InChI=1S/C4H4O.GeH4/c1-2-4-5-3-1;/h1-4H;1H4. The number of hydrogen-bond donors (Lipinski definition) is 0. The van der Waals surface area contributed by atoms with E-state index in [-0.39, 0.29) is 17.6 Å². The molecule has 1 nitrogen and oxygen atoms in total. The average molecular weight is 145 g/mol. The molecule has 0 amide bonds. The first-order chi connectivity index (χ1) is 2.50. The van der Waals surface area contributed by atoms with Gasteiger partial charge in [-0.1, -0.05) is 0 Å². The van der Waals surface area contributed by atoms with Gasteiger partial charge in [-0.2, -0.15) is 0 Å². The molecule has 0 spiro atoms. The van der Waals surface area contributed by atoms with Crippen LogP contribution in [0.25, 0.3) is 0 Å². The molecule has 6 heavy (non-hydrogen) atoms. The van der Waals surface area contributed by atoms with Gasteiger partial charge < -0.3 is 4.42 Å². The topological polar surface area (TPSA) is 13.1 Å². The molecular weight excluding hydrogens is 137 g/mol. The predicted molar refractivity (Wildman–Crippen MR) is 30.0 cm³/mol. The molecule has 0 radical (unpaired) electrons. The Hall–Kier alpha value is -0.177. The average Bonchev–Trinajstić information content (AvgIpc) is 1.76. The fourth-order valence-corrected chi connectivity index (χ4v) is 0.227. The normalized spacial score (nSPS) is 6.67. The number of hydrogen-bond acceptors (Lipinski definition) is 1. The summed E-state index contributed by atoms with van der Waals surface area (Å²) in [6, 6.07) is 3.67. The van der Waals surface area contributed by atoms with E-state index < -0.39 is 0 Å². The van der Waals surface area contributed by atoms with Crippen LogP contribution in [0.3, 0.4) is 0 Å². The van der Waals surface area contributed by atoms with Crippen molar-refractivity contribution in [2.45, 2.75) is 0 Å². The van der Waals surface area contributed by atoms with Gasteiger partial charge in [0.2, 0.25) is 0 Å². The van der Waals surface area contributed by atoms with Gasteiger partial charge in [0, 0.05) is 0 Å². The second-order valence-electron chi connectivity index (χ2n) is 0.793. The Morgan fingerprint density at radius 2 is 1.50 bits per heavy atom. The molecule has 0 atom stereocenters. The van der Waals surface area contributed by atoms with Crippen molar-refractivity contribution in [3.63, 3.8) is 0 Å². The van der Waals surface area contributed by atoms with Gasteiger partial charge in [0.05, 0.1) is 12.5 Å². The Bertz CT molecular complexity index is 64.0. The molecule has 34 valence electrons. The molecule has 0 fully saturated rings. The predicted octanol–water partition coefficient (Wildman–Crippen LogP) is -0.172. The van der Waals surface area contributed by atoms with Gasteiger partial charge in [0.1, 0.15) is 0 Å². The van der Waals surface area contributed by atoms with Crippen LogP contribution in [-0.2, 0) is 0 Å². The Morgan fingerprint density at radius 3 is 1.67 bits per heavy atom. The van der Waals surface area contributed by atoms with E-state index in [1.807, 2.05) is 12.1 Å². The minimum Gasteiger partial charge on any atom is -0.473 e. The van der Waals surface area contributed by atoms with E-state index in [0.717, 1.165) is 0 Å². The van der Waals surface area contributed by atoms with Crippen molar-refractivity contribution in [1.82, 2.24) is 0 Å². The molecular formula is C4H8GeO. The van der Waals surface area contributed by atoms with E-state index in [2.05, 4.69) is 4.42 Å². The van der Waals surface area contributed by atoms with E-state index in [0.29, 0.717) is 0 Å². The van der Waals surface area contributed by atoms with Crippen LogP contribution < -0.4 is 0 Å². The van der Waals surface area contributed by atoms with Crippen molar-refractivity contribution in [2.24, 2.45) is 0 Å². The van der Waals surface area contributed by atoms with Crippen molar-refractivity contribution in [3.8, 4) is 0 Å². The van der Waals surface area contributed by atoms with E-state index in [9.17, 15) is 0 Å². The van der Waals surface area contributed by atoms with Crippen LogP contribution >= 0.6 is 0 Å². The van der Waals surface area contributed by atoms with Gasteiger partial charge >= 0.3 is 17.6 Å². The molecule has 1 rings (SSSR count). The summed E-state index contributed by atoms with van der Waals surface area (Å²) in [4.78, 5) is 0. The van der Waals surface area contributed by atoms with Gasteiger partial charge in [-0.3, -0.25) is 0 Å². The fraction of sp³-hybridized carbons (Fsp3) is 0. The summed E-state index contributed by atoms with van der Waals surface area (Å²) in [7, 11) is 0. The van der Waals surface area contributed by atoms with Gasteiger partial charge in [-0.15, -0.1) is 0 Å². The van der Waals surface area contributed by atoms with Crippen LogP contribution in [0.1, 0.15) is 0 Å². The smallest absolute Gasteiger partial charge is 0.0902 e. The summed E-state index contributed by atoms with van der Waals surface area (Å²) in [5.41, 5.74) is 0. The molecule has 0 N–H and O–H groups in total. The van der Waals surface area contributed by atoms with Gasteiger partial charge in [-0.25, -0.2) is 0 Å². The molecule has 1 aromatic heterocycles. The molecule has 0 aliphatic rings. The van der Waals surface area contributed by atoms with Gasteiger partial charge in [0.15, 0.2) is 0 Å². The van der Waals surface area contributed by atoms with E-state index in [4.69, 9.17) is 0 Å². The minimum absolute atomic E-state index is 0. The molecule has 0 aromatic carbocycles. The number of rotatable bonds is 0. The van der Waals surface area contributed by atoms with Crippen LogP contribution in [0.4, 0.5) is 0 Å². The third-order valence-electron chi connectivity index (χ3n) is 0.425. The summed E-state index contributed by atoms with van der Waals surface area (Å²) in [5, 5.41) is 0. The molecule has 0 saturated carbocycles. The second-order valence-corrected chi connectivity index (χ2v) is 0.793. The van der Waals surface area contributed by atoms with Gasteiger partial charge in [0.25, 0.3) is 0 Å². The monoisotopic (exact) mass is 146 g/mol. The summed E-state index contributed by atoms with van der Waals surface area (Å²) in [6.45, 7) is 0. The maximum atomic E-state index is 4.58. The Morgan fingerprint density at radius 1 is 1.00 bits per heavy atom. The summed E-state index contributed by atoms with van der Waals surface area (Å²) >= 11 is 0. The van der Waals surface area contributed by atoms with Crippen molar-refractivity contribution < 1.29 is 4.42 Å². The van der Waals surface area contributed by atoms with Crippen molar-refractivity contribution in [1.29, 1.82) is 0 Å². The Labute approximate surface area is 47.3 Å². The van der Waals surface area contributed by atoms with Crippen LogP contribution in [0.15, 0.2) is 29.1 Å². The molecule has 0 bridgehead atoms. The zero-order valence-electron chi connectivity index (χ0n) is 2.72. The maximum absolute atomic E-state index is 4.58. The number of furan rings is 1. The van der Waals surface area contributed by atoms with E-state index in [1.54, 1.807) is 12.5 Å². The van der Waals surface area contributed by atoms with Crippen LogP contribution in [0.5, 0.6) is 0 Å². The minimum atomic E-state index is 0. The largest absolute Gasteiger partial charge is 0.473 e. The molecule has 0 aliphatic carbocycles. The van der Waals surface area contributed by atoms with E-state index in [1.165, 1.54) is 0 Å².